The Morgan fingerprint density at radius 3 is 2.50 bits per heavy atom. The average molecular weight is 298 g/mol. The first-order chi connectivity index (χ1) is 9.46. The molecular formula is C14H22N2O3S. The van der Waals surface area contributed by atoms with E-state index in [2.05, 4.69) is 0 Å². The normalized spacial score (nSPS) is 19.9. The summed E-state index contributed by atoms with van der Waals surface area (Å²) in [7, 11) is -3.48. The molecule has 5 nitrogen and oxygen atoms in total. The fourth-order valence-electron chi connectivity index (χ4n) is 2.66. The number of aliphatic hydroxyl groups is 1. The Bertz CT molecular complexity index is 549. The zero-order valence-corrected chi connectivity index (χ0v) is 12.5. The lowest BCUT2D eigenvalue weighted by Crippen LogP contribution is -2.41. The fourth-order valence-corrected chi connectivity index (χ4v) is 4.36. The van der Waals surface area contributed by atoms with Crippen molar-refractivity contribution in [3.8, 4) is 0 Å². The number of nitrogens with two attached hydrogens (primary N) is 1. The van der Waals surface area contributed by atoms with Gasteiger partial charge in [0.05, 0.1) is 11.0 Å². The second-order valence-electron chi connectivity index (χ2n) is 5.29. The van der Waals surface area contributed by atoms with Crippen molar-refractivity contribution >= 4 is 10.0 Å². The summed E-state index contributed by atoms with van der Waals surface area (Å²) >= 11 is 0. The molecule has 2 rings (SSSR count). The predicted molar refractivity (Wildman–Crippen MR) is 77.5 cm³/mol. The van der Waals surface area contributed by atoms with Crippen LogP contribution in [-0.4, -0.2) is 37.0 Å². The first-order valence-corrected chi connectivity index (χ1v) is 8.37. The Morgan fingerprint density at radius 1 is 1.35 bits per heavy atom. The van der Waals surface area contributed by atoms with Gasteiger partial charge < -0.3 is 10.8 Å². The van der Waals surface area contributed by atoms with Gasteiger partial charge in [0.1, 0.15) is 0 Å². The van der Waals surface area contributed by atoms with Gasteiger partial charge in [-0.1, -0.05) is 18.2 Å². The van der Waals surface area contributed by atoms with Crippen molar-refractivity contribution in [3.63, 3.8) is 0 Å². The molecule has 1 aliphatic rings. The number of benzene rings is 1. The molecule has 0 spiro atoms. The molecule has 3 N–H and O–H groups in total. The SMILES string of the molecule is CC(O)C1CCN(S(=O)(=O)c2ccccc2CN)CC1. The minimum absolute atomic E-state index is 0.186. The van der Waals surface area contributed by atoms with Crippen LogP contribution in [0.1, 0.15) is 25.3 Å². The molecule has 20 heavy (non-hydrogen) atoms. The lowest BCUT2D eigenvalue weighted by molar-refractivity contribution is 0.0912. The van der Waals surface area contributed by atoms with E-state index in [0.29, 0.717) is 36.4 Å². The summed E-state index contributed by atoms with van der Waals surface area (Å²) < 4.78 is 26.8. The molecule has 0 saturated carbocycles. The molecular weight excluding hydrogens is 276 g/mol. The number of aliphatic hydroxyl groups excluding tert-OH is 1. The smallest absolute Gasteiger partial charge is 0.243 e. The minimum Gasteiger partial charge on any atom is -0.393 e. The Balaban J connectivity index is 2.20. The van der Waals surface area contributed by atoms with Crippen LogP contribution >= 0.6 is 0 Å². The molecule has 112 valence electrons. The Hall–Kier alpha value is -0.950. The van der Waals surface area contributed by atoms with Crippen molar-refractivity contribution in [1.82, 2.24) is 4.31 Å². The first-order valence-electron chi connectivity index (χ1n) is 6.93. The maximum absolute atomic E-state index is 12.7. The molecule has 0 bridgehead atoms. The summed E-state index contributed by atoms with van der Waals surface area (Å²) in [4.78, 5) is 0.304. The van der Waals surface area contributed by atoms with Crippen molar-refractivity contribution in [3.05, 3.63) is 29.8 Å². The second-order valence-corrected chi connectivity index (χ2v) is 7.20. The number of piperidine rings is 1. The van der Waals surface area contributed by atoms with Crippen LogP contribution in [0.15, 0.2) is 29.2 Å². The molecule has 1 saturated heterocycles. The third-order valence-electron chi connectivity index (χ3n) is 3.99. The van der Waals surface area contributed by atoms with Gasteiger partial charge in [0.25, 0.3) is 0 Å². The standard InChI is InChI=1S/C14H22N2O3S/c1-11(17)12-6-8-16(9-7-12)20(18,19)14-5-3-2-4-13(14)10-15/h2-5,11-12,17H,6-10,15H2,1H3. The molecule has 0 aliphatic carbocycles. The zero-order valence-electron chi connectivity index (χ0n) is 11.7. The van der Waals surface area contributed by atoms with Gasteiger partial charge in [0, 0.05) is 19.6 Å². The number of nitrogens with zero attached hydrogens (tertiary/aromatic N) is 1. The van der Waals surface area contributed by atoms with Crippen LogP contribution in [0.25, 0.3) is 0 Å². The molecule has 1 aromatic rings. The third kappa shape index (κ3) is 3.03. The van der Waals surface area contributed by atoms with E-state index in [9.17, 15) is 13.5 Å². The van der Waals surface area contributed by atoms with E-state index in [1.807, 2.05) is 0 Å². The molecule has 0 aromatic heterocycles. The van der Waals surface area contributed by atoms with E-state index in [4.69, 9.17) is 5.73 Å². The van der Waals surface area contributed by atoms with E-state index in [-0.39, 0.29) is 18.6 Å². The van der Waals surface area contributed by atoms with E-state index >= 15 is 0 Å². The molecule has 1 fully saturated rings. The van der Waals surface area contributed by atoms with Crippen molar-refractivity contribution in [1.29, 1.82) is 0 Å². The monoisotopic (exact) mass is 298 g/mol. The molecule has 1 aliphatic heterocycles. The predicted octanol–water partition coefficient (Wildman–Crippen LogP) is 0.927. The van der Waals surface area contributed by atoms with Crippen LogP contribution in [0.2, 0.25) is 0 Å². The molecule has 6 heteroatoms. The highest BCUT2D eigenvalue weighted by Crippen LogP contribution is 2.27. The maximum atomic E-state index is 12.7. The van der Waals surface area contributed by atoms with Crippen molar-refractivity contribution < 1.29 is 13.5 Å². The van der Waals surface area contributed by atoms with Crippen molar-refractivity contribution in [2.24, 2.45) is 11.7 Å². The van der Waals surface area contributed by atoms with Gasteiger partial charge >= 0.3 is 0 Å². The van der Waals surface area contributed by atoms with E-state index < -0.39 is 10.0 Å². The number of rotatable bonds is 4. The van der Waals surface area contributed by atoms with Crippen LogP contribution < -0.4 is 5.73 Å². The largest absolute Gasteiger partial charge is 0.393 e. The Labute approximate surface area is 120 Å². The van der Waals surface area contributed by atoms with Crippen LogP contribution in [-0.2, 0) is 16.6 Å². The lowest BCUT2D eigenvalue weighted by Gasteiger charge is -2.32. The number of hydrogen-bond donors (Lipinski definition) is 2. The molecule has 0 radical (unpaired) electrons. The van der Waals surface area contributed by atoms with Crippen molar-refractivity contribution in [2.75, 3.05) is 13.1 Å². The number of hydrogen-bond acceptors (Lipinski definition) is 4. The summed E-state index contributed by atoms with van der Waals surface area (Å²) in [5, 5.41) is 9.58. The third-order valence-corrected chi connectivity index (χ3v) is 5.99. The number of sulfonamides is 1. The zero-order chi connectivity index (χ0) is 14.8. The highest BCUT2D eigenvalue weighted by molar-refractivity contribution is 7.89. The molecule has 1 atom stereocenters. The molecule has 0 amide bonds. The van der Waals surface area contributed by atoms with Gasteiger partial charge in [-0.05, 0) is 37.3 Å². The Morgan fingerprint density at radius 2 is 1.95 bits per heavy atom. The quantitative estimate of drug-likeness (QED) is 0.866. The average Bonchev–Trinajstić information content (AvgIpc) is 2.47. The van der Waals surface area contributed by atoms with E-state index in [0.717, 1.165) is 0 Å². The van der Waals surface area contributed by atoms with Crippen LogP contribution in [0.3, 0.4) is 0 Å². The fraction of sp³-hybridized carbons (Fsp3) is 0.571. The maximum Gasteiger partial charge on any atom is 0.243 e. The van der Waals surface area contributed by atoms with Gasteiger partial charge in [-0.25, -0.2) is 8.42 Å². The van der Waals surface area contributed by atoms with Gasteiger partial charge in [-0.2, -0.15) is 4.31 Å². The van der Waals surface area contributed by atoms with E-state index in [1.165, 1.54) is 4.31 Å². The summed E-state index contributed by atoms with van der Waals surface area (Å²) in [5.41, 5.74) is 6.27. The van der Waals surface area contributed by atoms with Crippen LogP contribution in [0.4, 0.5) is 0 Å². The van der Waals surface area contributed by atoms with Crippen molar-refractivity contribution in [2.45, 2.75) is 37.3 Å². The van der Waals surface area contributed by atoms with Gasteiger partial charge in [-0.3, -0.25) is 0 Å². The topological polar surface area (TPSA) is 83.6 Å². The van der Waals surface area contributed by atoms with E-state index in [1.54, 1.807) is 31.2 Å². The van der Waals surface area contributed by atoms with Gasteiger partial charge in [0.2, 0.25) is 10.0 Å². The van der Waals surface area contributed by atoms with Crippen LogP contribution in [0.5, 0.6) is 0 Å². The summed E-state index contributed by atoms with van der Waals surface area (Å²) in [5.74, 6) is 0.186. The molecule has 1 aromatic carbocycles. The minimum atomic E-state index is -3.48. The van der Waals surface area contributed by atoms with Gasteiger partial charge in [0.15, 0.2) is 0 Å². The summed E-state index contributed by atoms with van der Waals surface area (Å²) in [6, 6.07) is 6.86. The Kier molecular flexibility index (Phi) is 4.80. The highest BCUT2D eigenvalue weighted by Gasteiger charge is 2.31. The lowest BCUT2D eigenvalue weighted by atomic mass is 9.93. The van der Waals surface area contributed by atoms with Crippen LogP contribution in [0, 0.1) is 5.92 Å². The molecule has 1 unspecified atom stereocenters. The second kappa shape index (κ2) is 6.22. The highest BCUT2D eigenvalue weighted by atomic mass is 32.2. The van der Waals surface area contributed by atoms with Gasteiger partial charge in [-0.15, -0.1) is 0 Å². The summed E-state index contributed by atoms with van der Waals surface area (Å²) in [6.45, 7) is 2.88. The summed E-state index contributed by atoms with van der Waals surface area (Å²) in [6.07, 6.45) is 1.01. The first kappa shape index (κ1) is 15.4. The molecule has 1 heterocycles.